The first-order chi connectivity index (χ1) is 21.5. The summed E-state index contributed by atoms with van der Waals surface area (Å²) in [5, 5.41) is 54.3. The van der Waals surface area contributed by atoms with Gasteiger partial charge in [0.15, 0.2) is 0 Å². The first-order valence-electron chi connectivity index (χ1n) is 14.2. The molecule has 7 atom stereocenters. The summed E-state index contributed by atoms with van der Waals surface area (Å²) in [6.07, 6.45) is -9.45. The number of carbonyl (C=O) groups is 3. The molecule has 0 radical (unpaired) electrons. The van der Waals surface area contributed by atoms with Gasteiger partial charge in [0.1, 0.15) is 37.6 Å². The quantitative estimate of drug-likeness (QED) is 0.0463. The van der Waals surface area contributed by atoms with E-state index in [1.54, 1.807) is 14.2 Å². The number of alkyl carbamates (subject to hydrolysis) is 1. The molecule has 1 heterocycles. The lowest BCUT2D eigenvalue weighted by atomic mass is 9.88. The van der Waals surface area contributed by atoms with Gasteiger partial charge in [0, 0.05) is 27.8 Å². The number of hydrogen-bond acceptors (Lipinski definition) is 16. The van der Waals surface area contributed by atoms with Crippen molar-refractivity contribution in [3.63, 3.8) is 0 Å². The summed E-state index contributed by atoms with van der Waals surface area (Å²) in [6.45, 7) is 0.858. The Morgan fingerprint density at radius 2 is 1.51 bits per heavy atom. The fourth-order valence-electron chi connectivity index (χ4n) is 3.95. The van der Waals surface area contributed by atoms with E-state index < -0.39 is 79.9 Å². The van der Waals surface area contributed by atoms with Crippen LogP contribution >= 0.6 is 0 Å². The zero-order valence-electron chi connectivity index (χ0n) is 25.8. The molecule has 1 rings (SSSR count). The highest BCUT2D eigenvalue weighted by atomic mass is 16.7. The minimum absolute atomic E-state index is 0.0573. The van der Waals surface area contributed by atoms with Crippen LogP contribution in [0.2, 0.25) is 0 Å². The summed E-state index contributed by atoms with van der Waals surface area (Å²) in [4.78, 5) is 36.7. The maximum absolute atomic E-state index is 12.6. The third-order valence-corrected chi connectivity index (χ3v) is 6.39. The van der Waals surface area contributed by atoms with E-state index in [1.807, 2.05) is 0 Å². The van der Waals surface area contributed by atoms with E-state index >= 15 is 0 Å². The number of methoxy groups -OCH3 is 3. The summed E-state index contributed by atoms with van der Waals surface area (Å²) in [7, 11) is 4.10. The van der Waals surface area contributed by atoms with E-state index in [-0.39, 0.29) is 33.0 Å². The Morgan fingerprint density at radius 1 is 0.911 bits per heavy atom. The Labute approximate surface area is 260 Å². The average Bonchev–Trinajstić information content (AvgIpc) is 3.03. The zero-order chi connectivity index (χ0) is 33.7. The Morgan fingerprint density at radius 3 is 2.09 bits per heavy atom. The highest BCUT2D eigenvalue weighted by Gasteiger charge is 2.55. The normalized spacial score (nSPS) is 23.6. The van der Waals surface area contributed by atoms with Crippen LogP contribution in [0.4, 0.5) is 4.79 Å². The van der Waals surface area contributed by atoms with E-state index in [1.165, 1.54) is 0 Å². The van der Waals surface area contributed by atoms with E-state index in [9.17, 15) is 39.9 Å². The molecule has 7 N–H and O–H groups in total. The van der Waals surface area contributed by atoms with Gasteiger partial charge in [-0.1, -0.05) is 0 Å². The molecular formula is C26H48N2O17. The number of carbonyl (C=O) groups excluding carboxylic acids is 2. The molecule has 1 aliphatic heterocycles. The van der Waals surface area contributed by atoms with Gasteiger partial charge in [-0.05, 0) is 0 Å². The van der Waals surface area contributed by atoms with Gasteiger partial charge in [0.25, 0.3) is 5.79 Å². The third-order valence-electron chi connectivity index (χ3n) is 6.39. The molecule has 1 aliphatic rings. The molecule has 1 fully saturated rings. The van der Waals surface area contributed by atoms with Crippen LogP contribution in [-0.4, -0.2) is 186 Å². The number of nitrogens with one attached hydrogen (secondary N) is 2. The van der Waals surface area contributed by atoms with Crippen LogP contribution in [-0.2, 0) is 52.2 Å². The predicted molar refractivity (Wildman–Crippen MR) is 149 cm³/mol. The van der Waals surface area contributed by atoms with Crippen LogP contribution in [0.25, 0.3) is 0 Å². The first kappa shape index (κ1) is 40.8. The largest absolute Gasteiger partial charge is 0.477 e. The molecule has 1 saturated heterocycles. The van der Waals surface area contributed by atoms with Crippen LogP contribution in [0.3, 0.4) is 0 Å². The fraction of sp³-hybridized carbons (Fsp3) is 0.885. The molecule has 45 heavy (non-hydrogen) atoms. The molecule has 0 aromatic carbocycles. The Kier molecular flexibility index (Phi) is 20.9. The van der Waals surface area contributed by atoms with Gasteiger partial charge in [-0.15, -0.1) is 0 Å². The maximum atomic E-state index is 12.6. The fourth-order valence-corrected chi connectivity index (χ4v) is 3.95. The summed E-state index contributed by atoms with van der Waals surface area (Å²) in [6, 6.07) is -1.46. The molecule has 19 heteroatoms. The second kappa shape index (κ2) is 23.1. The molecule has 0 aromatic rings. The topological polar surface area (TPSA) is 259 Å². The standard InChI is InChI=1S/C26H48N2O17/c1-37-4-6-40-8-9-42-15-17(43-11-10-41-7-5-38-2)16-44-25(36)27-13-20(32)28-21-18(30)12-26(39-3,24(34)35)45-23(21)22(33)19(31)14-29/h17-19,21-23,29-31,33H,4-16H2,1-3H3,(H,27,36)(H,28,32)(H,34,35). The van der Waals surface area contributed by atoms with Crippen LogP contribution in [0.15, 0.2) is 0 Å². The highest BCUT2D eigenvalue weighted by molar-refractivity contribution is 5.82. The van der Waals surface area contributed by atoms with Crippen molar-refractivity contribution in [3.05, 3.63) is 0 Å². The summed E-state index contributed by atoms with van der Waals surface area (Å²) >= 11 is 0. The maximum Gasteiger partial charge on any atom is 0.407 e. The van der Waals surface area contributed by atoms with Crippen molar-refractivity contribution in [2.24, 2.45) is 0 Å². The summed E-state index contributed by atoms with van der Waals surface area (Å²) < 4.78 is 47.1. The molecule has 0 bridgehead atoms. The van der Waals surface area contributed by atoms with Crippen molar-refractivity contribution in [2.45, 2.75) is 48.8 Å². The number of amides is 2. The molecule has 7 unspecified atom stereocenters. The van der Waals surface area contributed by atoms with Crippen LogP contribution in [0.1, 0.15) is 6.42 Å². The van der Waals surface area contributed by atoms with Gasteiger partial charge in [0.05, 0.1) is 78.2 Å². The minimum atomic E-state index is -2.40. The predicted octanol–water partition coefficient (Wildman–Crippen LogP) is -3.78. The summed E-state index contributed by atoms with van der Waals surface area (Å²) in [5.74, 6) is -4.91. The van der Waals surface area contributed by atoms with Gasteiger partial charge in [0.2, 0.25) is 5.91 Å². The molecule has 2 amide bonds. The summed E-state index contributed by atoms with van der Waals surface area (Å²) in [5.41, 5.74) is 0. The first-order valence-corrected chi connectivity index (χ1v) is 14.2. The number of carboxylic acids is 1. The molecule has 264 valence electrons. The number of aliphatic hydroxyl groups is 4. The number of aliphatic carboxylic acids is 1. The lowest BCUT2D eigenvalue weighted by Gasteiger charge is -2.46. The highest BCUT2D eigenvalue weighted by Crippen LogP contribution is 2.33. The molecule has 0 aliphatic carbocycles. The lowest BCUT2D eigenvalue weighted by molar-refractivity contribution is -0.303. The monoisotopic (exact) mass is 660 g/mol. The number of carboxylic acid groups (broad SMARTS) is 1. The average molecular weight is 661 g/mol. The second-order valence-electron chi connectivity index (χ2n) is 9.68. The van der Waals surface area contributed by atoms with Crippen LogP contribution in [0, 0.1) is 0 Å². The van der Waals surface area contributed by atoms with Crippen molar-refractivity contribution in [1.29, 1.82) is 0 Å². The van der Waals surface area contributed by atoms with Gasteiger partial charge >= 0.3 is 12.1 Å². The SMILES string of the molecule is COCCOCCOCC(COC(=O)NCC(=O)NC1C(O)CC(OC)(C(=O)O)OC1C(O)C(O)CO)OCCOCCOC. The second-order valence-corrected chi connectivity index (χ2v) is 9.68. The van der Waals surface area contributed by atoms with Crippen molar-refractivity contribution in [3.8, 4) is 0 Å². The Balaban J connectivity index is 2.66. The molecule has 19 nitrogen and oxygen atoms in total. The van der Waals surface area contributed by atoms with E-state index in [4.69, 9.17) is 42.6 Å². The smallest absolute Gasteiger partial charge is 0.407 e. The van der Waals surface area contributed by atoms with E-state index in [2.05, 4.69) is 10.6 Å². The van der Waals surface area contributed by atoms with Gasteiger partial charge in [-0.2, -0.15) is 0 Å². The number of aliphatic hydroxyl groups excluding tert-OH is 4. The van der Waals surface area contributed by atoms with Crippen molar-refractivity contribution in [2.75, 3.05) is 101 Å². The van der Waals surface area contributed by atoms with Crippen molar-refractivity contribution in [1.82, 2.24) is 10.6 Å². The van der Waals surface area contributed by atoms with Crippen LogP contribution in [0.5, 0.6) is 0 Å². The van der Waals surface area contributed by atoms with Gasteiger partial charge < -0.3 is 78.8 Å². The third kappa shape index (κ3) is 15.2. The number of hydrogen-bond donors (Lipinski definition) is 7. The van der Waals surface area contributed by atoms with Gasteiger partial charge in [-0.25, -0.2) is 9.59 Å². The van der Waals surface area contributed by atoms with E-state index in [0.29, 0.717) is 33.0 Å². The lowest BCUT2D eigenvalue weighted by Crippen LogP contribution is -2.68. The van der Waals surface area contributed by atoms with Crippen molar-refractivity contribution < 1.29 is 82.5 Å². The number of ether oxygens (including phenoxy) is 9. The van der Waals surface area contributed by atoms with Crippen LogP contribution < -0.4 is 10.6 Å². The Bertz CT molecular complexity index is 839. The molecule has 0 aromatic heterocycles. The molecule has 0 spiro atoms. The zero-order valence-corrected chi connectivity index (χ0v) is 25.8. The Hall–Kier alpha value is -2.27. The minimum Gasteiger partial charge on any atom is -0.477 e. The number of rotatable bonds is 25. The molecule has 0 saturated carbocycles. The van der Waals surface area contributed by atoms with Crippen molar-refractivity contribution >= 4 is 18.0 Å². The molecular weight excluding hydrogens is 612 g/mol. The van der Waals surface area contributed by atoms with E-state index in [0.717, 1.165) is 7.11 Å². The van der Waals surface area contributed by atoms with Gasteiger partial charge in [-0.3, -0.25) is 4.79 Å².